The number of carbonyl (C=O) groups is 1. The van der Waals surface area contributed by atoms with Gasteiger partial charge in [0.1, 0.15) is 5.60 Å². The maximum atomic E-state index is 11.5. The van der Waals surface area contributed by atoms with Crippen LogP contribution in [0.3, 0.4) is 0 Å². The van der Waals surface area contributed by atoms with Gasteiger partial charge in [-0.25, -0.2) is 4.79 Å². The van der Waals surface area contributed by atoms with E-state index >= 15 is 0 Å². The minimum atomic E-state index is -0.377. The monoisotopic (exact) mass is 368 g/mol. The summed E-state index contributed by atoms with van der Waals surface area (Å²) >= 11 is 0. The second-order valence-electron chi connectivity index (χ2n) is 4.33. The van der Waals surface area contributed by atoms with E-state index in [1.54, 1.807) is 4.90 Å². The Morgan fingerprint density at radius 3 is 2.21 bits per heavy atom. The van der Waals surface area contributed by atoms with Gasteiger partial charge in [0.2, 0.25) is 0 Å². The van der Waals surface area contributed by atoms with Crippen LogP contribution in [0.5, 0.6) is 0 Å². The van der Waals surface area contributed by atoms with E-state index < -0.39 is 0 Å². The summed E-state index contributed by atoms with van der Waals surface area (Å²) in [6, 6.07) is 0. The van der Waals surface area contributed by atoms with Gasteiger partial charge in [0.05, 0.1) is 0 Å². The molecule has 4 heteroatoms. The molecule has 1 heterocycles. The molecule has 0 aromatic heterocycles. The van der Waals surface area contributed by atoms with Crippen molar-refractivity contribution in [1.29, 1.82) is 0 Å². The summed E-state index contributed by atoms with van der Waals surface area (Å²) in [5.41, 5.74) is -0.377. The maximum absolute atomic E-state index is 11.5. The minimum absolute atomic E-state index is 0. The molecule has 0 saturated carbocycles. The van der Waals surface area contributed by atoms with Gasteiger partial charge in [-0.2, -0.15) is 12.8 Å². The third kappa shape index (κ3) is 4.99. The van der Waals surface area contributed by atoms with Gasteiger partial charge in [0.25, 0.3) is 0 Å². The van der Waals surface area contributed by atoms with E-state index in [2.05, 4.69) is 6.42 Å². The number of ether oxygens (including phenoxy) is 1. The largest absolute Gasteiger partial charge is 0.444 e. The number of hydrogen-bond acceptors (Lipinski definition) is 2. The first-order valence-corrected chi connectivity index (χ1v) is 4.78. The summed E-state index contributed by atoms with van der Waals surface area (Å²) < 4.78 is 5.25. The summed E-state index contributed by atoms with van der Waals surface area (Å²) in [7, 11) is 0. The topological polar surface area (TPSA) is 29.5 Å². The Morgan fingerprint density at radius 1 is 1.29 bits per heavy atom. The van der Waals surface area contributed by atoms with Crippen molar-refractivity contribution < 1.29 is 30.6 Å². The molecule has 1 saturated heterocycles. The van der Waals surface area contributed by atoms with Crippen molar-refractivity contribution in [3.05, 3.63) is 6.42 Å². The summed E-state index contributed by atoms with van der Waals surface area (Å²) in [5, 5.41) is 0. The molecule has 1 amide bonds. The fourth-order valence-electron chi connectivity index (χ4n) is 1.26. The molecule has 0 unspecified atom stereocenters. The van der Waals surface area contributed by atoms with Gasteiger partial charge in [-0.1, -0.05) is 0 Å². The van der Waals surface area contributed by atoms with Crippen LogP contribution >= 0.6 is 0 Å². The molecular weight excluding hydrogens is 350 g/mol. The van der Waals surface area contributed by atoms with Crippen molar-refractivity contribution in [2.75, 3.05) is 13.1 Å². The standard InChI is InChI=1S/C10H18NO2.W/c1-10(2,3)13-9(12)11-7-5-4-6-8-11;/h4H,5-8H2,1-3H3;/q-1;. The molecule has 0 N–H and O–H groups in total. The van der Waals surface area contributed by atoms with Crippen molar-refractivity contribution in [1.82, 2.24) is 4.90 Å². The van der Waals surface area contributed by atoms with Gasteiger partial charge in [-0.15, -0.1) is 0 Å². The van der Waals surface area contributed by atoms with E-state index in [0.29, 0.717) is 0 Å². The summed E-state index contributed by atoms with van der Waals surface area (Å²) in [6.07, 6.45) is 4.00. The smallest absolute Gasteiger partial charge is 0.410 e. The molecule has 14 heavy (non-hydrogen) atoms. The predicted octanol–water partition coefficient (Wildman–Crippen LogP) is 2.22. The Labute approximate surface area is 100 Å². The molecule has 0 aromatic rings. The van der Waals surface area contributed by atoms with Gasteiger partial charge in [-0.05, 0) is 33.9 Å². The molecule has 0 aliphatic carbocycles. The zero-order valence-electron chi connectivity index (χ0n) is 9.08. The first-order chi connectivity index (χ1) is 5.99. The molecular formula is C10H18NO2W-. The number of piperidine rings is 1. The molecule has 3 nitrogen and oxygen atoms in total. The van der Waals surface area contributed by atoms with Crippen LogP contribution in [-0.2, 0) is 25.8 Å². The van der Waals surface area contributed by atoms with Gasteiger partial charge >= 0.3 is 6.09 Å². The summed E-state index contributed by atoms with van der Waals surface area (Å²) in [5.74, 6) is 0. The number of likely N-dealkylation sites (tertiary alicyclic amines) is 1. The van der Waals surface area contributed by atoms with Gasteiger partial charge in [0.15, 0.2) is 0 Å². The molecule has 1 aliphatic rings. The molecule has 0 radical (unpaired) electrons. The zero-order valence-corrected chi connectivity index (χ0v) is 12.0. The van der Waals surface area contributed by atoms with Gasteiger partial charge in [0, 0.05) is 21.1 Å². The number of amides is 1. The molecule has 1 rings (SSSR count). The van der Waals surface area contributed by atoms with Crippen molar-refractivity contribution >= 4 is 6.09 Å². The molecule has 0 bridgehead atoms. The fourth-order valence-corrected chi connectivity index (χ4v) is 1.26. The Kier molecular flexibility index (Phi) is 5.73. The zero-order chi connectivity index (χ0) is 9.90. The van der Waals surface area contributed by atoms with Crippen LogP contribution in [0.1, 0.15) is 33.6 Å². The average molecular weight is 368 g/mol. The molecule has 0 aromatic carbocycles. The van der Waals surface area contributed by atoms with Crippen LogP contribution < -0.4 is 0 Å². The number of carbonyl (C=O) groups excluding carboxylic acids is 1. The van der Waals surface area contributed by atoms with E-state index in [9.17, 15) is 4.79 Å². The van der Waals surface area contributed by atoms with E-state index in [1.165, 1.54) is 0 Å². The normalized spacial score (nSPS) is 17.2. The summed E-state index contributed by atoms with van der Waals surface area (Å²) in [4.78, 5) is 13.3. The Bertz CT molecular complexity index is 183. The van der Waals surface area contributed by atoms with E-state index in [-0.39, 0.29) is 32.8 Å². The quantitative estimate of drug-likeness (QED) is 0.614. The third-order valence-electron chi connectivity index (χ3n) is 1.86. The second kappa shape index (κ2) is 5.75. The average Bonchev–Trinajstić information content (AvgIpc) is 2.03. The first kappa shape index (κ1) is 14.0. The molecule has 1 aliphatic heterocycles. The van der Waals surface area contributed by atoms with Crippen LogP contribution in [0.4, 0.5) is 4.79 Å². The Hall–Kier alpha value is -0.0417. The molecule has 1 fully saturated rings. The summed E-state index contributed by atoms with van der Waals surface area (Å²) in [6.45, 7) is 7.27. The first-order valence-electron chi connectivity index (χ1n) is 4.78. The van der Waals surface area contributed by atoms with Crippen molar-refractivity contribution in [2.24, 2.45) is 0 Å². The van der Waals surface area contributed by atoms with Crippen molar-refractivity contribution in [2.45, 2.75) is 39.2 Å². The van der Waals surface area contributed by atoms with E-state index in [4.69, 9.17) is 4.74 Å². The van der Waals surface area contributed by atoms with E-state index in [0.717, 1.165) is 25.9 Å². The number of rotatable bonds is 0. The maximum Gasteiger partial charge on any atom is 0.410 e. The van der Waals surface area contributed by atoms with Crippen LogP contribution in [0.2, 0.25) is 0 Å². The Balaban J connectivity index is 0.00000169. The number of hydrogen-bond donors (Lipinski definition) is 0. The van der Waals surface area contributed by atoms with Crippen LogP contribution in [0.15, 0.2) is 0 Å². The minimum Gasteiger partial charge on any atom is -0.444 e. The predicted molar refractivity (Wildman–Crippen MR) is 51.3 cm³/mol. The van der Waals surface area contributed by atoms with Gasteiger partial charge in [-0.3, -0.25) is 0 Å². The second-order valence-corrected chi connectivity index (χ2v) is 4.33. The van der Waals surface area contributed by atoms with Crippen molar-refractivity contribution in [3.63, 3.8) is 0 Å². The Morgan fingerprint density at radius 2 is 1.79 bits per heavy atom. The molecule has 0 spiro atoms. The SMILES string of the molecule is CC(C)(C)OC(=O)N1CC[CH-]CC1.[W]. The van der Waals surface area contributed by atoms with Gasteiger partial charge < -0.3 is 16.1 Å². The number of nitrogens with zero attached hydrogens (tertiary/aromatic N) is 1. The van der Waals surface area contributed by atoms with Crippen molar-refractivity contribution in [3.8, 4) is 0 Å². The molecule has 82 valence electrons. The van der Waals surface area contributed by atoms with Crippen LogP contribution in [0, 0.1) is 6.42 Å². The fraction of sp³-hybridized carbons (Fsp3) is 0.800. The van der Waals surface area contributed by atoms with Crippen LogP contribution in [0.25, 0.3) is 0 Å². The van der Waals surface area contributed by atoms with Crippen LogP contribution in [-0.4, -0.2) is 29.7 Å². The third-order valence-corrected chi connectivity index (χ3v) is 1.86. The molecule has 0 atom stereocenters. The van der Waals surface area contributed by atoms with E-state index in [1.807, 2.05) is 20.8 Å².